The monoisotopic (exact) mass is 290 g/mol. The summed E-state index contributed by atoms with van der Waals surface area (Å²) in [6, 6.07) is 2.12. The largest absolute Gasteiger partial charge is 0.350 e. The minimum Gasteiger partial charge on any atom is -0.350 e. The van der Waals surface area contributed by atoms with Gasteiger partial charge in [0.05, 0.1) is 5.69 Å². The van der Waals surface area contributed by atoms with Crippen LogP contribution in [0.2, 0.25) is 0 Å². The summed E-state index contributed by atoms with van der Waals surface area (Å²) in [5.74, 6) is -0.149. The summed E-state index contributed by atoms with van der Waals surface area (Å²) in [6.07, 6.45) is 3.48. The summed E-state index contributed by atoms with van der Waals surface area (Å²) in [5.41, 5.74) is 2.33. The van der Waals surface area contributed by atoms with Gasteiger partial charge >= 0.3 is 0 Å². The van der Waals surface area contributed by atoms with E-state index in [4.69, 9.17) is 0 Å². The van der Waals surface area contributed by atoms with Gasteiger partial charge in [-0.15, -0.1) is 5.10 Å². The van der Waals surface area contributed by atoms with Crippen molar-refractivity contribution in [3.8, 4) is 0 Å². The number of carbonyl (C=O) groups is 1. The molecule has 0 aromatic carbocycles. The van der Waals surface area contributed by atoms with Crippen LogP contribution in [0.1, 0.15) is 48.2 Å². The molecule has 0 aliphatic carbocycles. The molecule has 7 heteroatoms. The molecular weight excluding hydrogens is 268 g/mol. The molecule has 0 saturated carbocycles. The predicted molar refractivity (Wildman–Crippen MR) is 79.0 cm³/mol. The molecule has 2 heterocycles. The third kappa shape index (κ3) is 3.68. The zero-order valence-corrected chi connectivity index (χ0v) is 13.0. The summed E-state index contributed by atoms with van der Waals surface area (Å²) in [5, 5.41) is 15.1. The number of rotatable bonds is 6. The lowest BCUT2D eigenvalue weighted by atomic mass is 10.2. The van der Waals surface area contributed by atoms with Crippen molar-refractivity contribution in [2.24, 2.45) is 7.05 Å². The van der Waals surface area contributed by atoms with Gasteiger partial charge in [0.2, 0.25) is 0 Å². The van der Waals surface area contributed by atoms with Crippen molar-refractivity contribution in [3.05, 3.63) is 29.3 Å². The second-order valence-corrected chi connectivity index (χ2v) is 5.26. The fourth-order valence-corrected chi connectivity index (χ4v) is 2.12. The summed E-state index contributed by atoms with van der Waals surface area (Å²) in [4.78, 5) is 12.1. The van der Waals surface area contributed by atoms with Crippen molar-refractivity contribution in [1.82, 2.24) is 30.1 Å². The Morgan fingerprint density at radius 3 is 2.86 bits per heavy atom. The van der Waals surface area contributed by atoms with Crippen LogP contribution in [0.15, 0.2) is 12.3 Å². The van der Waals surface area contributed by atoms with Gasteiger partial charge in [0, 0.05) is 37.9 Å². The number of hydrogen-bond donors (Lipinski definition) is 1. The summed E-state index contributed by atoms with van der Waals surface area (Å²) >= 11 is 0. The number of aryl methyl sites for hydroxylation is 2. The quantitative estimate of drug-likeness (QED) is 0.869. The normalized spacial score (nSPS) is 12.4. The van der Waals surface area contributed by atoms with Crippen LogP contribution >= 0.6 is 0 Å². The van der Waals surface area contributed by atoms with E-state index in [1.807, 2.05) is 30.9 Å². The van der Waals surface area contributed by atoms with Crippen LogP contribution in [-0.2, 0) is 13.5 Å². The van der Waals surface area contributed by atoms with Crippen LogP contribution in [0.5, 0.6) is 0 Å². The van der Waals surface area contributed by atoms with Gasteiger partial charge in [-0.25, -0.2) is 0 Å². The molecule has 0 bridgehead atoms. The number of nitrogens with one attached hydrogen (secondary N) is 1. The van der Waals surface area contributed by atoms with E-state index in [2.05, 4.69) is 34.6 Å². The first-order valence-corrected chi connectivity index (χ1v) is 7.20. The van der Waals surface area contributed by atoms with Gasteiger partial charge in [-0.1, -0.05) is 12.1 Å². The second kappa shape index (κ2) is 6.51. The molecule has 1 unspecified atom stereocenters. The maximum absolute atomic E-state index is 12.1. The van der Waals surface area contributed by atoms with E-state index in [0.717, 1.165) is 17.8 Å². The van der Waals surface area contributed by atoms with E-state index >= 15 is 0 Å². The molecule has 114 valence electrons. The second-order valence-electron chi connectivity index (χ2n) is 5.26. The van der Waals surface area contributed by atoms with Crippen LogP contribution in [0.4, 0.5) is 0 Å². The molecule has 0 radical (unpaired) electrons. The number of amides is 1. The molecule has 1 atom stereocenters. The van der Waals surface area contributed by atoms with Gasteiger partial charge in [0.1, 0.15) is 5.69 Å². The third-order valence-corrected chi connectivity index (χ3v) is 3.48. The van der Waals surface area contributed by atoms with E-state index in [1.54, 1.807) is 4.68 Å². The van der Waals surface area contributed by atoms with Crippen molar-refractivity contribution in [2.45, 2.75) is 39.7 Å². The minimum atomic E-state index is -0.149. The lowest BCUT2D eigenvalue weighted by Gasteiger charge is -2.10. The molecule has 7 nitrogen and oxygen atoms in total. The zero-order valence-electron chi connectivity index (χ0n) is 13.0. The van der Waals surface area contributed by atoms with Crippen LogP contribution in [0, 0.1) is 6.92 Å². The molecule has 0 saturated heterocycles. The molecule has 2 rings (SSSR count). The number of nitrogens with zero attached hydrogens (tertiary/aromatic N) is 5. The van der Waals surface area contributed by atoms with Gasteiger partial charge in [-0.2, -0.15) is 5.10 Å². The molecule has 2 aromatic heterocycles. The molecule has 21 heavy (non-hydrogen) atoms. The van der Waals surface area contributed by atoms with E-state index < -0.39 is 0 Å². The zero-order chi connectivity index (χ0) is 15.4. The smallest absolute Gasteiger partial charge is 0.271 e. The van der Waals surface area contributed by atoms with Crippen molar-refractivity contribution >= 4 is 5.91 Å². The fraction of sp³-hybridized carbons (Fsp3) is 0.571. The molecule has 1 amide bonds. The molecule has 0 aliphatic heterocycles. The Morgan fingerprint density at radius 2 is 2.24 bits per heavy atom. The van der Waals surface area contributed by atoms with Gasteiger partial charge in [-0.3, -0.25) is 14.2 Å². The highest BCUT2D eigenvalue weighted by atomic mass is 16.1. The van der Waals surface area contributed by atoms with Crippen molar-refractivity contribution in [2.75, 3.05) is 6.54 Å². The minimum absolute atomic E-state index is 0.149. The van der Waals surface area contributed by atoms with E-state index in [0.29, 0.717) is 24.7 Å². The lowest BCUT2D eigenvalue weighted by molar-refractivity contribution is 0.0948. The highest BCUT2D eigenvalue weighted by molar-refractivity contribution is 5.92. The average molecular weight is 290 g/mol. The van der Waals surface area contributed by atoms with Gasteiger partial charge in [-0.05, 0) is 26.3 Å². The van der Waals surface area contributed by atoms with E-state index in [9.17, 15) is 4.79 Å². The summed E-state index contributed by atoms with van der Waals surface area (Å²) in [7, 11) is 1.82. The lowest BCUT2D eigenvalue weighted by Crippen LogP contribution is -2.26. The average Bonchev–Trinajstić information content (AvgIpc) is 3.04. The van der Waals surface area contributed by atoms with E-state index in [-0.39, 0.29) is 5.91 Å². The Labute approximate surface area is 124 Å². The number of hydrogen-bond acceptors (Lipinski definition) is 4. The molecule has 0 spiro atoms. The van der Waals surface area contributed by atoms with E-state index in [1.165, 1.54) is 0 Å². The first-order chi connectivity index (χ1) is 10.0. The Bertz CT molecular complexity index is 615. The number of carbonyl (C=O) groups excluding carboxylic acids is 1. The molecule has 1 N–H and O–H groups in total. The first-order valence-electron chi connectivity index (χ1n) is 7.20. The van der Waals surface area contributed by atoms with Crippen LogP contribution in [0.3, 0.4) is 0 Å². The summed E-state index contributed by atoms with van der Waals surface area (Å²) in [6.45, 7) is 6.68. The maximum Gasteiger partial charge on any atom is 0.271 e. The van der Waals surface area contributed by atoms with Gasteiger partial charge in [0.15, 0.2) is 0 Å². The standard InChI is InChI=1S/C14H22N6O/c1-5-10(2)20-11(3)8-13(17-20)14(21)15-7-6-12-9-19(4)18-16-12/h8-10H,5-7H2,1-4H3,(H,15,21). The van der Waals surface area contributed by atoms with Crippen LogP contribution < -0.4 is 5.32 Å². The molecule has 2 aromatic rings. The van der Waals surface area contributed by atoms with Gasteiger partial charge < -0.3 is 5.32 Å². The molecular formula is C14H22N6O. The fourth-order valence-electron chi connectivity index (χ4n) is 2.12. The maximum atomic E-state index is 12.1. The number of aromatic nitrogens is 5. The summed E-state index contributed by atoms with van der Waals surface area (Å²) < 4.78 is 3.55. The molecule has 0 aliphatic rings. The SMILES string of the molecule is CCC(C)n1nc(C(=O)NCCc2cn(C)nn2)cc1C. The van der Waals surface area contributed by atoms with Crippen molar-refractivity contribution in [1.29, 1.82) is 0 Å². The predicted octanol–water partition coefficient (Wildman–Crippen LogP) is 1.26. The highest BCUT2D eigenvalue weighted by Crippen LogP contribution is 2.13. The Morgan fingerprint density at radius 1 is 1.48 bits per heavy atom. The first kappa shape index (κ1) is 15.2. The van der Waals surface area contributed by atoms with Crippen LogP contribution in [-0.4, -0.2) is 37.2 Å². The topological polar surface area (TPSA) is 77.6 Å². The van der Waals surface area contributed by atoms with Gasteiger partial charge in [0.25, 0.3) is 5.91 Å². The van der Waals surface area contributed by atoms with Crippen molar-refractivity contribution < 1.29 is 4.79 Å². The van der Waals surface area contributed by atoms with Crippen molar-refractivity contribution in [3.63, 3.8) is 0 Å². The molecule has 0 fully saturated rings. The Kier molecular flexibility index (Phi) is 4.72. The van der Waals surface area contributed by atoms with Crippen LogP contribution in [0.25, 0.3) is 0 Å². The Hall–Kier alpha value is -2.18. The Balaban J connectivity index is 1.91. The third-order valence-electron chi connectivity index (χ3n) is 3.48. The highest BCUT2D eigenvalue weighted by Gasteiger charge is 2.14.